The lowest BCUT2D eigenvalue weighted by molar-refractivity contribution is -0.197. The van der Waals surface area contributed by atoms with Gasteiger partial charge in [-0.2, -0.15) is 0 Å². The Kier molecular flexibility index (Phi) is 16.3. The van der Waals surface area contributed by atoms with Gasteiger partial charge in [-0.05, 0) is 121 Å². The molecule has 0 bridgehead atoms. The summed E-state index contributed by atoms with van der Waals surface area (Å²) in [5, 5.41) is 10.0. The lowest BCUT2D eigenvalue weighted by Gasteiger charge is -2.38. The molecule has 14 heteroatoms. The highest BCUT2D eigenvalue weighted by atomic mass is 16.6. The third-order valence-electron chi connectivity index (χ3n) is 12.0. The minimum atomic E-state index is -1.33. The maximum atomic E-state index is 14.0. The summed E-state index contributed by atoms with van der Waals surface area (Å²) in [6.07, 6.45) is -2.42. The highest BCUT2D eigenvalue weighted by Crippen LogP contribution is 2.43. The second-order valence-corrected chi connectivity index (χ2v) is 17.0. The van der Waals surface area contributed by atoms with E-state index in [1.807, 2.05) is 0 Å². The van der Waals surface area contributed by atoms with Crippen molar-refractivity contribution in [1.29, 1.82) is 0 Å². The van der Waals surface area contributed by atoms with Crippen molar-refractivity contribution >= 4 is 35.8 Å². The fourth-order valence-electron chi connectivity index (χ4n) is 8.28. The molecule has 2 aliphatic rings. The molecular weight excluding hydrogens is 837 g/mol. The van der Waals surface area contributed by atoms with Crippen molar-refractivity contribution in [2.24, 2.45) is 0 Å². The van der Waals surface area contributed by atoms with Crippen molar-refractivity contribution in [3.8, 4) is 0 Å². The molecule has 6 rings (SSSR count). The van der Waals surface area contributed by atoms with E-state index in [0.717, 1.165) is 0 Å². The van der Waals surface area contributed by atoms with Crippen molar-refractivity contribution in [3.05, 3.63) is 144 Å². The van der Waals surface area contributed by atoms with Crippen LogP contribution in [0.25, 0.3) is 0 Å². The lowest BCUT2D eigenvalue weighted by Crippen LogP contribution is -2.49. The average molecular weight is 893 g/mol. The first-order valence-corrected chi connectivity index (χ1v) is 21.9. The van der Waals surface area contributed by atoms with Gasteiger partial charge in [-0.25, -0.2) is 24.0 Å². The third kappa shape index (κ3) is 12.9. The number of ether oxygens (including phenoxy) is 7. The van der Waals surface area contributed by atoms with Gasteiger partial charge in [0.05, 0.1) is 54.1 Å². The number of esters is 5. The molecule has 344 valence electrons. The molecule has 0 aromatic heterocycles. The Bertz CT molecular complexity index is 2240. The molecule has 1 N–H and O–H groups in total. The van der Waals surface area contributed by atoms with Crippen molar-refractivity contribution in [2.75, 3.05) is 13.2 Å². The van der Waals surface area contributed by atoms with Gasteiger partial charge < -0.3 is 38.3 Å². The molecule has 2 heterocycles. The summed E-state index contributed by atoms with van der Waals surface area (Å²) < 4.78 is 42.2. The van der Waals surface area contributed by atoms with Crippen LogP contribution in [0.2, 0.25) is 0 Å². The molecule has 0 aliphatic carbocycles. The fourth-order valence-corrected chi connectivity index (χ4v) is 8.28. The van der Waals surface area contributed by atoms with E-state index in [4.69, 9.17) is 33.2 Å². The van der Waals surface area contributed by atoms with Gasteiger partial charge in [0.15, 0.2) is 6.10 Å². The second kappa shape index (κ2) is 22.0. The molecule has 4 aromatic carbocycles. The predicted molar refractivity (Wildman–Crippen MR) is 235 cm³/mol. The van der Waals surface area contributed by atoms with Crippen LogP contribution < -0.4 is 0 Å². The standard InChI is InChI=1S/C51H56O14/c1-49(64-46(56)37-22-12-6-13-23-37,29-16-32-59-44(54)35-18-8-4-9-19-35)40-27-26-39(61-40)48(58)62-42(34-43(52)53)51(3)31-28-41(63-51)50(2,65-47(57)38-24-14-7-15-25-38)30-17-33-60-45(55)36-20-10-5-11-21-36/h4-15,18-25,39-42H,16-17,26-34H2,1-3H3,(H,52,53)/t39-,40-,41+,42-,49-,50+,51-/m0/s1. The van der Waals surface area contributed by atoms with E-state index in [2.05, 4.69) is 0 Å². The lowest BCUT2D eigenvalue weighted by atomic mass is 9.89. The highest BCUT2D eigenvalue weighted by molar-refractivity contribution is 5.91. The van der Waals surface area contributed by atoms with Crippen LogP contribution in [0.3, 0.4) is 0 Å². The average Bonchev–Trinajstić information content (AvgIpc) is 4.00. The number of aliphatic carboxylic acids is 1. The summed E-state index contributed by atoms with van der Waals surface area (Å²) in [7, 11) is 0. The van der Waals surface area contributed by atoms with Gasteiger partial charge in [0.2, 0.25) is 0 Å². The zero-order valence-electron chi connectivity index (χ0n) is 36.9. The van der Waals surface area contributed by atoms with E-state index < -0.39 is 83.5 Å². The van der Waals surface area contributed by atoms with E-state index in [0.29, 0.717) is 47.9 Å². The molecule has 65 heavy (non-hydrogen) atoms. The number of carboxylic acid groups (broad SMARTS) is 1. The Morgan fingerprint density at radius 1 is 0.615 bits per heavy atom. The van der Waals surface area contributed by atoms with Crippen molar-refractivity contribution < 1.29 is 67.0 Å². The molecule has 4 aromatic rings. The molecule has 2 fully saturated rings. The molecule has 2 saturated heterocycles. The summed E-state index contributed by atoms with van der Waals surface area (Å²) in [6.45, 7) is 5.17. The zero-order chi connectivity index (χ0) is 46.5. The van der Waals surface area contributed by atoms with Crippen LogP contribution in [-0.2, 0) is 42.7 Å². The smallest absolute Gasteiger partial charge is 0.338 e. The van der Waals surface area contributed by atoms with Crippen LogP contribution in [-0.4, -0.2) is 95.4 Å². The van der Waals surface area contributed by atoms with E-state index >= 15 is 0 Å². The van der Waals surface area contributed by atoms with Crippen LogP contribution in [0.5, 0.6) is 0 Å². The Morgan fingerprint density at radius 2 is 1.03 bits per heavy atom. The molecular formula is C51H56O14. The minimum Gasteiger partial charge on any atom is -0.481 e. The van der Waals surface area contributed by atoms with Crippen molar-refractivity contribution in [1.82, 2.24) is 0 Å². The number of hydrogen-bond acceptors (Lipinski definition) is 13. The number of carbonyl (C=O) groups excluding carboxylic acids is 5. The van der Waals surface area contributed by atoms with Crippen LogP contribution in [0.15, 0.2) is 121 Å². The SMILES string of the molecule is C[C@](CCCOC(=O)c1ccccc1)(OC(=O)c1ccccc1)[C@H]1CC[C@@](C)([C@H](CC(=O)O)OC(=O)[C@@H]2CC[C@@H]([C@](C)(CCCOC(=O)c3ccccc3)OC(=O)c3ccccc3)O2)O1. The normalized spacial score (nSPS) is 21.4. The molecule has 2 aliphatic heterocycles. The zero-order valence-corrected chi connectivity index (χ0v) is 36.9. The Labute approximate surface area is 378 Å². The predicted octanol–water partition coefficient (Wildman–Crippen LogP) is 8.36. The van der Waals surface area contributed by atoms with Gasteiger partial charge >= 0.3 is 35.8 Å². The number of hydrogen-bond donors (Lipinski definition) is 1. The Balaban J connectivity index is 1.12. The third-order valence-corrected chi connectivity index (χ3v) is 12.0. The summed E-state index contributed by atoms with van der Waals surface area (Å²) in [5.41, 5.74) is -2.42. The van der Waals surface area contributed by atoms with E-state index in [1.54, 1.807) is 142 Å². The molecule has 0 unspecified atom stereocenters. The summed E-state index contributed by atoms with van der Waals surface area (Å²) in [4.78, 5) is 78.4. The number of carbonyl (C=O) groups is 6. The molecule has 7 atom stereocenters. The second-order valence-electron chi connectivity index (χ2n) is 17.0. The van der Waals surface area contributed by atoms with E-state index in [1.165, 1.54) is 0 Å². The van der Waals surface area contributed by atoms with Gasteiger partial charge in [-0.3, -0.25) is 4.79 Å². The molecule has 0 spiro atoms. The molecule has 14 nitrogen and oxygen atoms in total. The van der Waals surface area contributed by atoms with Crippen LogP contribution in [0.4, 0.5) is 0 Å². The van der Waals surface area contributed by atoms with Gasteiger partial charge in [0.25, 0.3) is 0 Å². The van der Waals surface area contributed by atoms with Crippen LogP contribution >= 0.6 is 0 Å². The van der Waals surface area contributed by atoms with Gasteiger partial charge in [-0.1, -0.05) is 72.8 Å². The first-order chi connectivity index (χ1) is 31.2. The van der Waals surface area contributed by atoms with E-state index in [9.17, 15) is 33.9 Å². The maximum absolute atomic E-state index is 14.0. The summed E-state index contributed by atoms with van der Waals surface area (Å²) in [5.74, 6) is -4.21. The molecule has 0 amide bonds. The first-order valence-electron chi connectivity index (χ1n) is 21.9. The van der Waals surface area contributed by atoms with Gasteiger partial charge in [0, 0.05) is 0 Å². The van der Waals surface area contributed by atoms with Gasteiger partial charge in [-0.15, -0.1) is 0 Å². The van der Waals surface area contributed by atoms with Crippen LogP contribution in [0.1, 0.15) is 120 Å². The molecule has 0 radical (unpaired) electrons. The number of carboxylic acids is 1. The topological polar surface area (TPSA) is 187 Å². The highest BCUT2D eigenvalue weighted by Gasteiger charge is 2.53. The van der Waals surface area contributed by atoms with E-state index in [-0.39, 0.29) is 38.9 Å². The molecule has 0 saturated carbocycles. The summed E-state index contributed by atoms with van der Waals surface area (Å²) in [6, 6.07) is 34.0. The quantitative estimate of drug-likeness (QED) is 0.0477. The largest absolute Gasteiger partial charge is 0.481 e. The summed E-state index contributed by atoms with van der Waals surface area (Å²) >= 11 is 0. The van der Waals surface area contributed by atoms with Crippen molar-refractivity contribution in [3.63, 3.8) is 0 Å². The van der Waals surface area contributed by atoms with Gasteiger partial charge in [0.1, 0.15) is 22.9 Å². The minimum absolute atomic E-state index is 0.0318. The van der Waals surface area contributed by atoms with Crippen molar-refractivity contribution in [2.45, 2.75) is 120 Å². The number of rotatable bonds is 21. The first kappa shape index (κ1) is 48.1. The Hall–Kier alpha value is -6.38. The maximum Gasteiger partial charge on any atom is 0.338 e. The van der Waals surface area contributed by atoms with Crippen LogP contribution in [0, 0.1) is 0 Å². The monoisotopic (exact) mass is 892 g/mol. The number of benzene rings is 4. The fraction of sp³-hybridized carbons (Fsp3) is 0.412. The Morgan fingerprint density at radius 3 is 1.46 bits per heavy atom.